The maximum absolute atomic E-state index is 5.43. The van der Waals surface area contributed by atoms with Crippen LogP contribution in [0.25, 0.3) is 0 Å². The standard InChI is InChI=1S/C19H26N4O2/c1-14-11-22(19-20-8-5-9-21-19)12-15(2)23(14)13-16-6-7-17(24-3)18(10-16)25-4/h5-10,14-15H,11-13H2,1-4H3/t14-,15-/m0/s1. The van der Waals surface area contributed by atoms with Gasteiger partial charge in [-0.25, -0.2) is 9.97 Å². The van der Waals surface area contributed by atoms with E-state index in [0.717, 1.165) is 37.1 Å². The molecule has 0 N–H and O–H groups in total. The molecule has 0 bridgehead atoms. The Hall–Kier alpha value is -2.34. The van der Waals surface area contributed by atoms with Crippen LogP contribution in [0.2, 0.25) is 0 Å². The fourth-order valence-corrected chi connectivity index (χ4v) is 3.48. The number of piperazine rings is 1. The number of anilines is 1. The van der Waals surface area contributed by atoms with E-state index in [-0.39, 0.29) is 0 Å². The van der Waals surface area contributed by atoms with Crippen LogP contribution in [0.5, 0.6) is 11.5 Å². The number of hydrogen-bond acceptors (Lipinski definition) is 6. The molecular weight excluding hydrogens is 316 g/mol. The summed E-state index contributed by atoms with van der Waals surface area (Å²) in [6, 6.07) is 8.79. The van der Waals surface area contributed by atoms with E-state index in [1.54, 1.807) is 26.6 Å². The van der Waals surface area contributed by atoms with E-state index in [4.69, 9.17) is 9.47 Å². The fraction of sp³-hybridized carbons (Fsp3) is 0.474. The highest BCUT2D eigenvalue weighted by Gasteiger charge is 2.30. The number of hydrogen-bond donors (Lipinski definition) is 0. The van der Waals surface area contributed by atoms with Gasteiger partial charge in [0.05, 0.1) is 14.2 Å². The van der Waals surface area contributed by atoms with Gasteiger partial charge in [0.25, 0.3) is 0 Å². The van der Waals surface area contributed by atoms with E-state index in [0.29, 0.717) is 12.1 Å². The Balaban J connectivity index is 1.72. The van der Waals surface area contributed by atoms with Crippen LogP contribution in [-0.2, 0) is 6.54 Å². The third-order valence-electron chi connectivity index (χ3n) is 4.75. The van der Waals surface area contributed by atoms with Crippen molar-refractivity contribution in [3.05, 3.63) is 42.2 Å². The fourth-order valence-electron chi connectivity index (χ4n) is 3.48. The Morgan fingerprint density at radius 3 is 2.24 bits per heavy atom. The minimum Gasteiger partial charge on any atom is -0.493 e. The number of benzene rings is 1. The lowest BCUT2D eigenvalue weighted by Gasteiger charge is -2.44. The second kappa shape index (κ2) is 7.70. The van der Waals surface area contributed by atoms with Crippen LogP contribution in [0.15, 0.2) is 36.7 Å². The summed E-state index contributed by atoms with van der Waals surface area (Å²) in [5.74, 6) is 2.35. The summed E-state index contributed by atoms with van der Waals surface area (Å²) < 4.78 is 10.8. The summed E-state index contributed by atoms with van der Waals surface area (Å²) in [6.07, 6.45) is 3.60. The largest absolute Gasteiger partial charge is 0.493 e. The summed E-state index contributed by atoms with van der Waals surface area (Å²) in [7, 11) is 3.33. The summed E-state index contributed by atoms with van der Waals surface area (Å²) in [5, 5.41) is 0. The van der Waals surface area contributed by atoms with Crippen LogP contribution < -0.4 is 14.4 Å². The first-order chi connectivity index (χ1) is 12.1. The Morgan fingerprint density at radius 2 is 1.64 bits per heavy atom. The van der Waals surface area contributed by atoms with E-state index in [1.807, 2.05) is 12.1 Å². The Labute approximate surface area is 149 Å². The minimum absolute atomic E-state index is 0.403. The molecule has 1 aromatic carbocycles. The lowest BCUT2D eigenvalue weighted by Crippen LogP contribution is -2.56. The summed E-state index contributed by atoms with van der Waals surface area (Å²) >= 11 is 0. The van der Waals surface area contributed by atoms with E-state index in [1.165, 1.54) is 5.56 Å². The van der Waals surface area contributed by atoms with Crippen molar-refractivity contribution in [1.82, 2.24) is 14.9 Å². The predicted octanol–water partition coefficient (Wildman–Crippen LogP) is 2.59. The average molecular weight is 342 g/mol. The van der Waals surface area contributed by atoms with Crippen molar-refractivity contribution in [3.8, 4) is 11.5 Å². The minimum atomic E-state index is 0.403. The zero-order chi connectivity index (χ0) is 17.8. The number of aromatic nitrogens is 2. The smallest absolute Gasteiger partial charge is 0.225 e. The molecule has 2 heterocycles. The molecule has 134 valence electrons. The summed E-state index contributed by atoms with van der Waals surface area (Å²) in [4.78, 5) is 13.6. The molecule has 1 saturated heterocycles. The van der Waals surface area contributed by atoms with Gasteiger partial charge in [0.1, 0.15) is 0 Å². The second-order valence-electron chi connectivity index (χ2n) is 6.51. The van der Waals surface area contributed by atoms with Crippen molar-refractivity contribution >= 4 is 5.95 Å². The van der Waals surface area contributed by atoms with Crippen molar-refractivity contribution in [2.45, 2.75) is 32.5 Å². The highest BCUT2D eigenvalue weighted by molar-refractivity contribution is 5.43. The van der Waals surface area contributed by atoms with Crippen molar-refractivity contribution in [2.24, 2.45) is 0 Å². The molecule has 0 amide bonds. The molecule has 1 aromatic heterocycles. The quantitative estimate of drug-likeness (QED) is 0.832. The van der Waals surface area contributed by atoms with Crippen LogP contribution in [0.1, 0.15) is 19.4 Å². The maximum Gasteiger partial charge on any atom is 0.225 e. The molecule has 3 rings (SSSR count). The molecule has 6 nitrogen and oxygen atoms in total. The zero-order valence-corrected chi connectivity index (χ0v) is 15.3. The molecule has 6 heteroatoms. The molecular formula is C19H26N4O2. The van der Waals surface area contributed by atoms with E-state index in [2.05, 4.69) is 45.7 Å². The predicted molar refractivity (Wildman–Crippen MR) is 98.3 cm³/mol. The molecule has 2 aromatic rings. The summed E-state index contributed by atoms with van der Waals surface area (Å²) in [6.45, 7) is 7.23. The van der Waals surface area contributed by atoms with Gasteiger partial charge >= 0.3 is 0 Å². The lowest BCUT2D eigenvalue weighted by atomic mass is 10.1. The molecule has 0 aliphatic carbocycles. The van der Waals surface area contributed by atoms with Gasteiger partial charge in [-0.1, -0.05) is 6.07 Å². The van der Waals surface area contributed by atoms with Crippen molar-refractivity contribution < 1.29 is 9.47 Å². The third kappa shape index (κ3) is 3.85. The van der Waals surface area contributed by atoms with E-state index < -0.39 is 0 Å². The highest BCUT2D eigenvalue weighted by Crippen LogP contribution is 2.29. The van der Waals surface area contributed by atoms with Crippen molar-refractivity contribution in [3.63, 3.8) is 0 Å². The normalized spacial score (nSPS) is 21.2. The topological polar surface area (TPSA) is 50.7 Å². The maximum atomic E-state index is 5.43. The molecule has 2 atom stereocenters. The van der Waals surface area contributed by atoms with E-state index >= 15 is 0 Å². The molecule has 0 radical (unpaired) electrons. The second-order valence-corrected chi connectivity index (χ2v) is 6.51. The van der Waals surface area contributed by atoms with Crippen LogP contribution in [0, 0.1) is 0 Å². The molecule has 1 fully saturated rings. The Kier molecular flexibility index (Phi) is 5.38. The van der Waals surface area contributed by atoms with Gasteiger partial charge in [0.2, 0.25) is 5.95 Å². The number of ether oxygens (including phenoxy) is 2. The first kappa shape index (κ1) is 17.5. The van der Waals surface area contributed by atoms with Gasteiger partial charge < -0.3 is 14.4 Å². The van der Waals surface area contributed by atoms with E-state index in [9.17, 15) is 0 Å². The molecule has 0 saturated carbocycles. The number of rotatable bonds is 5. The third-order valence-corrected chi connectivity index (χ3v) is 4.75. The summed E-state index contributed by atoms with van der Waals surface area (Å²) in [5.41, 5.74) is 1.22. The van der Waals surface area contributed by atoms with Gasteiger partial charge in [0, 0.05) is 44.1 Å². The van der Waals surface area contributed by atoms with Crippen LogP contribution in [0.3, 0.4) is 0 Å². The number of methoxy groups -OCH3 is 2. The first-order valence-corrected chi connectivity index (χ1v) is 8.61. The number of nitrogens with zero attached hydrogens (tertiary/aromatic N) is 4. The van der Waals surface area contributed by atoms with Gasteiger partial charge in [0.15, 0.2) is 11.5 Å². The lowest BCUT2D eigenvalue weighted by molar-refractivity contribution is 0.122. The van der Waals surface area contributed by atoms with Crippen LogP contribution in [-0.4, -0.2) is 54.3 Å². The highest BCUT2D eigenvalue weighted by atomic mass is 16.5. The Morgan fingerprint density at radius 1 is 1.00 bits per heavy atom. The molecule has 1 aliphatic rings. The van der Waals surface area contributed by atoms with Crippen LogP contribution >= 0.6 is 0 Å². The molecule has 0 spiro atoms. The molecule has 1 aliphatic heterocycles. The van der Waals surface area contributed by atoms with Gasteiger partial charge in [-0.3, -0.25) is 4.90 Å². The van der Waals surface area contributed by atoms with Gasteiger partial charge in [-0.05, 0) is 37.6 Å². The SMILES string of the molecule is COc1ccc(CN2[C@@H](C)CN(c3ncccn3)C[C@@H]2C)cc1OC. The molecule has 0 unspecified atom stereocenters. The molecule has 25 heavy (non-hydrogen) atoms. The monoisotopic (exact) mass is 342 g/mol. The van der Waals surface area contributed by atoms with Crippen LogP contribution in [0.4, 0.5) is 5.95 Å². The average Bonchev–Trinajstić information content (AvgIpc) is 2.65. The van der Waals surface area contributed by atoms with Crippen molar-refractivity contribution in [1.29, 1.82) is 0 Å². The van der Waals surface area contributed by atoms with Gasteiger partial charge in [-0.15, -0.1) is 0 Å². The first-order valence-electron chi connectivity index (χ1n) is 8.61. The zero-order valence-electron chi connectivity index (χ0n) is 15.3. The van der Waals surface area contributed by atoms with Gasteiger partial charge in [-0.2, -0.15) is 0 Å². The Bertz CT molecular complexity index is 683. The van der Waals surface area contributed by atoms with Crippen molar-refractivity contribution in [2.75, 3.05) is 32.2 Å².